The van der Waals surface area contributed by atoms with Gasteiger partial charge in [-0.25, -0.2) is 0 Å². The highest BCUT2D eigenvalue weighted by Crippen LogP contribution is 2.22. The Morgan fingerprint density at radius 2 is 2.17 bits per heavy atom. The van der Waals surface area contributed by atoms with Gasteiger partial charge in [-0.3, -0.25) is 4.79 Å². The van der Waals surface area contributed by atoms with Crippen LogP contribution in [0.1, 0.15) is 16.8 Å². The summed E-state index contributed by atoms with van der Waals surface area (Å²) >= 11 is 15.1. The molecule has 0 aliphatic rings. The van der Waals surface area contributed by atoms with Gasteiger partial charge in [-0.15, -0.1) is 0 Å². The van der Waals surface area contributed by atoms with Crippen LogP contribution in [0.2, 0.25) is 10.0 Å². The molecule has 3 nitrogen and oxygen atoms in total. The molecule has 0 aliphatic carbocycles. The van der Waals surface area contributed by atoms with Crippen molar-refractivity contribution in [2.75, 3.05) is 20.3 Å². The number of ether oxygens (including phenoxy) is 1. The second-order valence-electron chi connectivity index (χ2n) is 3.73. The number of benzene rings is 1. The van der Waals surface area contributed by atoms with Crippen LogP contribution < -0.4 is 5.32 Å². The van der Waals surface area contributed by atoms with E-state index in [0.29, 0.717) is 28.8 Å². The van der Waals surface area contributed by atoms with Gasteiger partial charge in [0.15, 0.2) is 0 Å². The van der Waals surface area contributed by atoms with Crippen molar-refractivity contribution in [2.24, 2.45) is 0 Å². The van der Waals surface area contributed by atoms with Gasteiger partial charge in [-0.05, 0) is 24.6 Å². The van der Waals surface area contributed by atoms with Gasteiger partial charge < -0.3 is 10.1 Å². The third-order valence-electron chi connectivity index (χ3n) is 2.27. The normalized spacial score (nSPS) is 12.2. The lowest BCUT2D eigenvalue weighted by molar-refractivity contribution is 0.0952. The third kappa shape index (κ3) is 5.14. The fourth-order valence-electron chi connectivity index (χ4n) is 1.35. The molecular formula is C12H14BrCl2NO2. The van der Waals surface area contributed by atoms with Crippen molar-refractivity contribution in [1.29, 1.82) is 0 Å². The minimum atomic E-state index is -0.161. The summed E-state index contributed by atoms with van der Waals surface area (Å²) in [5, 5.41) is 3.62. The van der Waals surface area contributed by atoms with Crippen molar-refractivity contribution < 1.29 is 9.53 Å². The first kappa shape index (κ1) is 15.8. The largest absolute Gasteiger partial charge is 0.384 e. The van der Waals surface area contributed by atoms with Gasteiger partial charge in [0.1, 0.15) is 0 Å². The van der Waals surface area contributed by atoms with Crippen LogP contribution in [-0.4, -0.2) is 31.0 Å². The Balaban J connectivity index is 2.43. The molecule has 1 rings (SSSR count). The van der Waals surface area contributed by atoms with Gasteiger partial charge in [-0.2, -0.15) is 0 Å². The van der Waals surface area contributed by atoms with Crippen LogP contribution in [0.15, 0.2) is 18.2 Å². The maximum absolute atomic E-state index is 11.8. The summed E-state index contributed by atoms with van der Waals surface area (Å²) < 4.78 is 4.98. The van der Waals surface area contributed by atoms with E-state index in [4.69, 9.17) is 27.9 Å². The van der Waals surface area contributed by atoms with Crippen LogP contribution in [0.3, 0.4) is 0 Å². The zero-order chi connectivity index (χ0) is 13.5. The average molecular weight is 355 g/mol. The summed E-state index contributed by atoms with van der Waals surface area (Å²) in [7, 11) is 1.64. The molecule has 0 aliphatic heterocycles. The molecule has 0 saturated carbocycles. The number of amides is 1. The van der Waals surface area contributed by atoms with Gasteiger partial charge >= 0.3 is 0 Å². The van der Waals surface area contributed by atoms with E-state index in [1.54, 1.807) is 25.3 Å². The maximum Gasteiger partial charge on any atom is 0.251 e. The van der Waals surface area contributed by atoms with E-state index in [0.717, 1.165) is 6.42 Å². The van der Waals surface area contributed by atoms with E-state index >= 15 is 0 Å². The highest BCUT2D eigenvalue weighted by Gasteiger charge is 2.09. The maximum atomic E-state index is 11.8. The zero-order valence-electron chi connectivity index (χ0n) is 9.88. The fourth-order valence-corrected chi connectivity index (χ4v) is 2.14. The van der Waals surface area contributed by atoms with Gasteiger partial charge in [-0.1, -0.05) is 39.1 Å². The molecule has 100 valence electrons. The highest BCUT2D eigenvalue weighted by molar-refractivity contribution is 9.09. The fraction of sp³-hybridized carbons (Fsp3) is 0.417. The lowest BCUT2D eigenvalue weighted by Gasteiger charge is -2.09. The van der Waals surface area contributed by atoms with Crippen LogP contribution in [0.25, 0.3) is 0 Å². The number of hydrogen-bond acceptors (Lipinski definition) is 2. The quantitative estimate of drug-likeness (QED) is 0.793. The first-order valence-electron chi connectivity index (χ1n) is 5.41. The topological polar surface area (TPSA) is 38.3 Å². The molecule has 1 aromatic rings. The Morgan fingerprint density at radius 1 is 1.44 bits per heavy atom. The average Bonchev–Trinajstić information content (AvgIpc) is 2.33. The third-order valence-corrected chi connectivity index (χ3v) is 3.73. The van der Waals surface area contributed by atoms with E-state index in [-0.39, 0.29) is 10.7 Å². The Kier molecular flexibility index (Phi) is 7.00. The first-order valence-corrected chi connectivity index (χ1v) is 7.08. The number of methoxy groups -OCH3 is 1. The minimum absolute atomic E-state index is 0.161. The molecule has 0 bridgehead atoms. The Bertz CT molecular complexity index is 415. The molecule has 18 heavy (non-hydrogen) atoms. The predicted octanol–water partition coefficient (Wildman–Crippen LogP) is 3.52. The van der Waals surface area contributed by atoms with Crippen LogP contribution in [0.4, 0.5) is 0 Å². The van der Waals surface area contributed by atoms with Crippen molar-refractivity contribution >= 4 is 45.0 Å². The number of carbonyl (C=O) groups excluding carboxylic acids is 1. The summed E-state index contributed by atoms with van der Waals surface area (Å²) in [6, 6.07) is 4.81. The molecule has 1 atom stereocenters. The van der Waals surface area contributed by atoms with Crippen molar-refractivity contribution in [3.8, 4) is 0 Å². The number of halogens is 3. The van der Waals surface area contributed by atoms with E-state index in [1.807, 2.05) is 0 Å². The predicted molar refractivity (Wildman–Crippen MR) is 78.0 cm³/mol. The summed E-state index contributed by atoms with van der Waals surface area (Å²) in [6.07, 6.45) is 0.793. The molecule has 1 amide bonds. The van der Waals surface area contributed by atoms with E-state index in [2.05, 4.69) is 21.2 Å². The summed E-state index contributed by atoms with van der Waals surface area (Å²) in [5.41, 5.74) is 0.502. The van der Waals surface area contributed by atoms with Crippen LogP contribution in [-0.2, 0) is 4.74 Å². The SMILES string of the molecule is COCC(Br)CCNC(=O)c1ccc(Cl)c(Cl)c1. The Hall–Kier alpha value is -0.290. The van der Waals surface area contributed by atoms with Crippen LogP contribution in [0.5, 0.6) is 0 Å². The molecule has 0 fully saturated rings. The van der Waals surface area contributed by atoms with Crippen LogP contribution >= 0.6 is 39.1 Å². The summed E-state index contributed by atoms with van der Waals surface area (Å²) in [4.78, 5) is 12.0. The lowest BCUT2D eigenvalue weighted by Crippen LogP contribution is -2.26. The highest BCUT2D eigenvalue weighted by atomic mass is 79.9. The molecule has 0 heterocycles. The number of carbonyl (C=O) groups is 1. The Labute approximate surface area is 125 Å². The monoisotopic (exact) mass is 353 g/mol. The second-order valence-corrected chi connectivity index (χ2v) is 5.84. The molecule has 0 radical (unpaired) electrons. The number of alkyl halides is 1. The molecule has 0 saturated heterocycles. The molecule has 1 unspecified atom stereocenters. The van der Waals surface area contributed by atoms with Crippen molar-refractivity contribution in [3.05, 3.63) is 33.8 Å². The van der Waals surface area contributed by atoms with Crippen molar-refractivity contribution in [2.45, 2.75) is 11.2 Å². The van der Waals surface area contributed by atoms with Crippen LogP contribution in [0, 0.1) is 0 Å². The molecule has 6 heteroatoms. The standard InChI is InChI=1S/C12H14BrCl2NO2/c1-18-7-9(13)4-5-16-12(17)8-2-3-10(14)11(15)6-8/h2-3,6,9H,4-5,7H2,1H3,(H,16,17). The smallest absolute Gasteiger partial charge is 0.251 e. The van der Waals surface area contributed by atoms with E-state index < -0.39 is 0 Å². The van der Waals surface area contributed by atoms with Gasteiger partial charge in [0.05, 0.1) is 16.7 Å². The van der Waals surface area contributed by atoms with Gasteiger partial charge in [0.25, 0.3) is 5.91 Å². The van der Waals surface area contributed by atoms with Crippen molar-refractivity contribution in [3.63, 3.8) is 0 Å². The van der Waals surface area contributed by atoms with Gasteiger partial charge in [0.2, 0.25) is 0 Å². The lowest BCUT2D eigenvalue weighted by atomic mass is 10.2. The molecule has 0 aromatic heterocycles. The number of rotatable bonds is 6. The van der Waals surface area contributed by atoms with Crippen molar-refractivity contribution in [1.82, 2.24) is 5.32 Å². The zero-order valence-corrected chi connectivity index (χ0v) is 13.0. The molecule has 1 N–H and O–H groups in total. The summed E-state index contributed by atoms with van der Waals surface area (Å²) in [6.45, 7) is 1.18. The molecular weight excluding hydrogens is 341 g/mol. The minimum Gasteiger partial charge on any atom is -0.384 e. The molecule has 0 spiro atoms. The second kappa shape index (κ2) is 8.00. The molecule has 1 aromatic carbocycles. The Morgan fingerprint density at radius 3 is 2.78 bits per heavy atom. The number of hydrogen-bond donors (Lipinski definition) is 1. The van der Waals surface area contributed by atoms with E-state index in [9.17, 15) is 4.79 Å². The first-order chi connectivity index (χ1) is 8.54. The van der Waals surface area contributed by atoms with Gasteiger partial charge in [0, 0.05) is 24.0 Å². The summed E-state index contributed by atoms with van der Waals surface area (Å²) in [5.74, 6) is -0.161. The number of nitrogens with one attached hydrogen (secondary N) is 1. The van der Waals surface area contributed by atoms with E-state index in [1.165, 1.54) is 0 Å².